The predicted octanol–water partition coefficient (Wildman–Crippen LogP) is 2.26. The molecule has 9 heavy (non-hydrogen) atoms. The van der Waals surface area contributed by atoms with Gasteiger partial charge in [-0.25, -0.2) is 0 Å². The lowest BCUT2D eigenvalue weighted by Gasteiger charge is -2.19. The molecule has 0 saturated carbocycles. The van der Waals surface area contributed by atoms with Gasteiger partial charge >= 0.3 is 0 Å². The summed E-state index contributed by atoms with van der Waals surface area (Å²) < 4.78 is -1.37. The average Bonchev–Trinajstić information content (AvgIpc) is 1.55. The number of hydrogen-bond acceptors (Lipinski definition) is 1. The molecule has 0 N–H and O–H groups in total. The fourth-order valence-electron chi connectivity index (χ4n) is 0.535. The summed E-state index contributed by atoms with van der Waals surface area (Å²) in [5.41, 5.74) is 0.581. The van der Waals surface area contributed by atoms with Gasteiger partial charge in [-0.2, -0.15) is 0 Å². The van der Waals surface area contributed by atoms with Crippen LogP contribution in [0.1, 0.15) is 6.42 Å². The number of hydrogen-bond donors (Lipinski definition) is 0. The Bertz CT molecular complexity index is 177. The first-order valence-corrected chi connectivity index (χ1v) is 3.44. The molecule has 1 rings (SSSR count). The van der Waals surface area contributed by atoms with Crippen LogP contribution >= 0.6 is 34.8 Å². The molecule has 0 aromatic rings. The second-order valence-electron chi connectivity index (χ2n) is 1.81. The van der Waals surface area contributed by atoms with E-state index in [4.69, 9.17) is 34.8 Å². The predicted molar refractivity (Wildman–Crippen MR) is 38.0 cm³/mol. The molecule has 0 aromatic heterocycles. The van der Waals surface area contributed by atoms with Gasteiger partial charge in [0.05, 0.1) is 0 Å². The van der Waals surface area contributed by atoms with Crippen LogP contribution in [0.3, 0.4) is 0 Å². The molecule has 0 spiro atoms. The quantitative estimate of drug-likeness (QED) is 0.529. The molecule has 0 aromatic carbocycles. The molecule has 1 nitrogen and oxygen atoms in total. The van der Waals surface area contributed by atoms with Crippen molar-refractivity contribution < 1.29 is 4.79 Å². The van der Waals surface area contributed by atoms with Gasteiger partial charge in [0.25, 0.3) is 0 Å². The Kier molecular flexibility index (Phi) is 1.77. The van der Waals surface area contributed by atoms with Gasteiger partial charge in [-0.1, -0.05) is 34.8 Å². The van der Waals surface area contributed by atoms with E-state index in [2.05, 4.69) is 0 Å². The summed E-state index contributed by atoms with van der Waals surface area (Å²) in [7, 11) is 0. The van der Waals surface area contributed by atoms with E-state index in [1.807, 2.05) is 0 Å². The Morgan fingerprint density at radius 3 is 2.00 bits per heavy atom. The van der Waals surface area contributed by atoms with E-state index in [-0.39, 0.29) is 12.2 Å². The Morgan fingerprint density at radius 2 is 1.89 bits per heavy atom. The van der Waals surface area contributed by atoms with Gasteiger partial charge in [-0.3, -0.25) is 4.79 Å². The van der Waals surface area contributed by atoms with Crippen LogP contribution in [-0.2, 0) is 4.79 Å². The monoisotopic (exact) mass is 184 g/mol. The molecule has 0 amide bonds. The first-order valence-electron chi connectivity index (χ1n) is 2.31. The topological polar surface area (TPSA) is 17.1 Å². The standard InChI is InChI=1S/C5H3Cl3O/c6-5(7,8)3-1-4(9)2-3/h1H,2H2. The van der Waals surface area contributed by atoms with E-state index >= 15 is 0 Å². The Labute approximate surface area is 67.6 Å². The van der Waals surface area contributed by atoms with Crippen molar-refractivity contribution in [2.45, 2.75) is 10.2 Å². The Hall–Kier alpha value is 0.280. The molecule has 0 fully saturated rings. The minimum atomic E-state index is -1.37. The summed E-state index contributed by atoms with van der Waals surface area (Å²) in [4.78, 5) is 10.3. The Morgan fingerprint density at radius 1 is 1.44 bits per heavy atom. The minimum absolute atomic E-state index is 0.0244. The largest absolute Gasteiger partial charge is 0.294 e. The van der Waals surface area contributed by atoms with E-state index < -0.39 is 3.79 Å². The molecule has 4 heteroatoms. The summed E-state index contributed by atoms with van der Waals surface area (Å²) in [5, 5.41) is 0. The van der Waals surface area contributed by atoms with E-state index in [1.54, 1.807) is 0 Å². The summed E-state index contributed by atoms with van der Waals surface area (Å²) in [6.07, 6.45) is 1.64. The van der Waals surface area contributed by atoms with E-state index in [0.29, 0.717) is 5.57 Å². The van der Waals surface area contributed by atoms with Gasteiger partial charge in [0.15, 0.2) is 5.78 Å². The molecule has 0 unspecified atom stereocenters. The van der Waals surface area contributed by atoms with E-state index in [0.717, 1.165) is 0 Å². The fraction of sp³-hybridized carbons (Fsp3) is 0.400. The molecule has 0 saturated heterocycles. The van der Waals surface area contributed by atoms with Crippen LogP contribution in [0.15, 0.2) is 11.6 Å². The normalized spacial score (nSPS) is 19.0. The van der Waals surface area contributed by atoms with Crippen molar-refractivity contribution >= 4 is 40.6 Å². The summed E-state index contributed by atoms with van der Waals surface area (Å²) >= 11 is 16.2. The highest BCUT2D eigenvalue weighted by Crippen LogP contribution is 2.40. The van der Waals surface area contributed by atoms with Gasteiger partial charge in [0, 0.05) is 6.42 Å². The van der Waals surface area contributed by atoms with Crippen LogP contribution in [0.25, 0.3) is 0 Å². The van der Waals surface area contributed by atoms with Crippen molar-refractivity contribution in [3.63, 3.8) is 0 Å². The lowest BCUT2D eigenvalue weighted by Crippen LogP contribution is -2.19. The third-order valence-electron chi connectivity index (χ3n) is 1.06. The maximum absolute atomic E-state index is 10.3. The van der Waals surface area contributed by atoms with Crippen molar-refractivity contribution in [1.82, 2.24) is 0 Å². The minimum Gasteiger partial charge on any atom is -0.294 e. The van der Waals surface area contributed by atoms with Gasteiger partial charge < -0.3 is 0 Å². The number of alkyl halides is 3. The molecule has 50 valence electrons. The third-order valence-corrected chi connectivity index (χ3v) is 1.79. The summed E-state index contributed by atoms with van der Waals surface area (Å²) in [5.74, 6) is 0.0244. The molecule has 1 aliphatic carbocycles. The van der Waals surface area contributed by atoms with Gasteiger partial charge in [-0.15, -0.1) is 0 Å². The number of carbonyl (C=O) groups excluding carboxylic acids is 1. The van der Waals surface area contributed by atoms with E-state index in [1.165, 1.54) is 6.08 Å². The van der Waals surface area contributed by atoms with Crippen molar-refractivity contribution in [3.05, 3.63) is 11.6 Å². The highest BCUT2D eigenvalue weighted by Gasteiger charge is 2.32. The molecule has 1 aliphatic rings. The first kappa shape index (κ1) is 7.39. The van der Waals surface area contributed by atoms with Crippen LogP contribution in [-0.4, -0.2) is 9.58 Å². The smallest absolute Gasteiger partial charge is 0.212 e. The maximum Gasteiger partial charge on any atom is 0.212 e. The highest BCUT2D eigenvalue weighted by atomic mass is 35.6. The number of rotatable bonds is 0. The SMILES string of the molecule is O=C1C=C(C(Cl)(Cl)Cl)C1. The second-order valence-corrected chi connectivity index (χ2v) is 4.09. The number of carbonyl (C=O) groups is 1. The number of ketones is 1. The number of allylic oxidation sites excluding steroid dienone is 2. The van der Waals surface area contributed by atoms with Crippen LogP contribution in [0, 0.1) is 0 Å². The Balaban J connectivity index is 2.69. The van der Waals surface area contributed by atoms with Crippen molar-refractivity contribution in [1.29, 1.82) is 0 Å². The van der Waals surface area contributed by atoms with Crippen LogP contribution in [0.2, 0.25) is 0 Å². The fourth-order valence-corrected chi connectivity index (χ4v) is 0.899. The van der Waals surface area contributed by atoms with Crippen LogP contribution < -0.4 is 0 Å². The lowest BCUT2D eigenvalue weighted by molar-refractivity contribution is -0.115. The zero-order valence-electron chi connectivity index (χ0n) is 4.33. The van der Waals surface area contributed by atoms with Crippen molar-refractivity contribution in [2.24, 2.45) is 0 Å². The average molecular weight is 185 g/mol. The van der Waals surface area contributed by atoms with E-state index in [9.17, 15) is 4.79 Å². The maximum atomic E-state index is 10.3. The molecule has 0 aliphatic heterocycles. The molecule has 0 radical (unpaired) electrons. The first-order chi connectivity index (χ1) is 4.00. The highest BCUT2D eigenvalue weighted by molar-refractivity contribution is 6.70. The van der Waals surface area contributed by atoms with Crippen molar-refractivity contribution in [2.75, 3.05) is 0 Å². The molecule has 0 atom stereocenters. The second kappa shape index (κ2) is 2.15. The summed E-state index contributed by atoms with van der Waals surface area (Å²) in [6.45, 7) is 0. The van der Waals surface area contributed by atoms with Gasteiger partial charge in [0.1, 0.15) is 0 Å². The van der Waals surface area contributed by atoms with Crippen LogP contribution in [0.5, 0.6) is 0 Å². The zero-order valence-corrected chi connectivity index (χ0v) is 6.59. The molecule has 0 bridgehead atoms. The van der Waals surface area contributed by atoms with Crippen molar-refractivity contribution in [3.8, 4) is 0 Å². The van der Waals surface area contributed by atoms with Crippen LogP contribution in [0.4, 0.5) is 0 Å². The molecular weight excluding hydrogens is 182 g/mol. The molecular formula is C5H3Cl3O. The lowest BCUT2D eigenvalue weighted by atomic mass is 9.99. The number of halogens is 3. The van der Waals surface area contributed by atoms with Gasteiger partial charge in [0.2, 0.25) is 3.79 Å². The third kappa shape index (κ3) is 1.60. The van der Waals surface area contributed by atoms with Gasteiger partial charge in [-0.05, 0) is 11.6 Å². The zero-order chi connectivity index (χ0) is 7.07. The summed E-state index contributed by atoms with van der Waals surface area (Å²) in [6, 6.07) is 0. The molecule has 0 heterocycles.